The molecule has 0 unspecified atom stereocenters. The van der Waals surface area contributed by atoms with Crippen molar-refractivity contribution in [3.8, 4) is 0 Å². The average Bonchev–Trinajstić information content (AvgIpc) is 2.83. The molecular weight excluding hydrogens is 445 g/mol. The third kappa shape index (κ3) is 4.62. The molecule has 9 heteroatoms. The van der Waals surface area contributed by atoms with Gasteiger partial charge in [0.2, 0.25) is 5.95 Å². The minimum absolute atomic E-state index is 0.219. The molecule has 0 spiro atoms. The Labute approximate surface area is 205 Å². The van der Waals surface area contributed by atoms with E-state index in [-0.39, 0.29) is 12.6 Å². The SMILES string of the molecule is CO[C@H]1CCN(c2nccc(Nc3cc4c(C(C)C)ccc(N5CC[C@H]5CN)c4cn3)n2)C[C@H]1F. The molecule has 35 heavy (non-hydrogen) atoms. The largest absolute Gasteiger partial charge is 0.378 e. The predicted octanol–water partition coefficient (Wildman–Crippen LogP) is 3.99. The van der Waals surface area contributed by atoms with Crippen LogP contribution < -0.4 is 20.9 Å². The Hall–Kier alpha value is -3.04. The van der Waals surface area contributed by atoms with E-state index >= 15 is 0 Å². The molecule has 3 N–H and O–H groups in total. The predicted molar refractivity (Wildman–Crippen MR) is 138 cm³/mol. The fourth-order valence-corrected chi connectivity index (χ4v) is 5.10. The average molecular weight is 480 g/mol. The highest BCUT2D eigenvalue weighted by Gasteiger charge is 2.31. The molecule has 2 fully saturated rings. The van der Waals surface area contributed by atoms with Gasteiger partial charge in [0.25, 0.3) is 0 Å². The topological polar surface area (TPSA) is 92.4 Å². The van der Waals surface area contributed by atoms with Crippen LogP contribution in [-0.4, -0.2) is 66.6 Å². The van der Waals surface area contributed by atoms with E-state index in [0.717, 1.165) is 18.4 Å². The van der Waals surface area contributed by atoms with Crippen molar-refractivity contribution in [3.05, 3.63) is 42.2 Å². The van der Waals surface area contributed by atoms with Gasteiger partial charge in [-0.3, -0.25) is 0 Å². The highest BCUT2D eigenvalue weighted by atomic mass is 19.1. The van der Waals surface area contributed by atoms with E-state index in [1.165, 1.54) is 16.6 Å². The van der Waals surface area contributed by atoms with Crippen molar-refractivity contribution in [1.82, 2.24) is 15.0 Å². The van der Waals surface area contributed by atoms with Gasteiger partial charge >= 0.3 is 0 Å². The summed E-state index contributed by atoms with van der Waals surface area (Å²) in [6, 6.07) is 8.71. The van der Waals surface area contributed by atoms with Gasteiger partial charge in [0, 0.05) is 56.3 Å². The summed E-state index contributed by atoms with van der Waals surface area (Å²) < 4.78 is 19.6. The fourth-order valence-electron chi connectivity index (χ4n) is 5.10. The van der Waals surface area contributed by atoms with E-state index < -0.39 is 6.17 Å². The quantitative estimate of drug-likeness (QED) is 0.526. The first-order valence-corrected chi connectivity index (χ1v) is 12.4. The fraction of sp³-hybridized carbons (Fsp3) is 0.500. The molecule has 1 aromatic carbocycles. The van der Waals surface area contributed by atoms with Crippen molar-refractivity contribution in [2.75, 3.05) is 48.4 Å². The molecule has 0 saturated carbocycles. The van der Waals surface area contributed by atoms with E-state index in [4.69, 9.17) is 15.5 Å². The van der Waals surface area contributed by atoms with Gasteiger partial charge in [-0.2, -0.15) is 4.98 Å². The first-order chi connectivity index (χ1) is 17.0. The first-order valence-electron chi connectivity index (χ1n) is 12.4. The molecule has 2 saturated heterocycles. The van der Waals surface area contributed by atoms with Crippen molar-refractivity contribution < 1.29 is 9.13 Å². The Morgan fingerprint density at radius 2 is 2.00 bits per heavy atom. The summed E-state index contributed by atoms with van der Waals surface area (Å²) in [4.78, 5) is 18.0. The number of rotatable bonds is 7. The molecule has 2 aliphatic rings. The summed E-state index contributed by atoms with van der Waals surface area (Å²) in [5.41, 5.74) is 8.44. The maximum Gasteiger partial charge on any atom is 0.227 e. The molecule has 0 amide bonds. The Morgan fingerprint density at radius 3 is 2.69 bits per heavy atom. The van der Waals surface area contributed by atoms with E-state index in [1.807, 2.05) is 11.1 Å². The van der Waals surface area contributed by atoms with Gasteiger partial charge in [0.15, 0.2) is 0 Å². The molecule has 2 aromatic heterocycles. The number of benzene rings is 1. The second-order valence-electron chi connectivity index (χ2n) is 9.71. The zero-order valence-electron chi connectivity index (χ0n) is 20.6. The summed E-state index contributed by atoms with van der Waals surface area (Å²) in [5, 5.41) is 5.64. The number of ether oxygens (including phenoxy) is 1. The van der Waals surface area contributed by atoms with Crippen molar-refractivity contribution >= 4 is 34.0 Å². The number of nitrogens with two attached hydrogens (primary N) is 1. The summed E-state index contributed by atoms with van der Waals surface area (Å²) in [6.07, 6.45) is 3.93. The van der Waals surface area contributed by atoms with Crippen LogP contribution in [0, 0.1) is 0 Å². The number of pyridine rings is 1. The number of hydrogen-bond donors (Lipinski definition) is 2. The van der Waals surface area contributed by atoms with Crippen molar-refractivity contribution in [1.29, 1.82) is 0 Å². The highest BCUT2D eigenvalue weighted by Crippen LogP contribution is 2.37. The van der Waals surface area contributed by atoms with Gasteiger partial charge in [-0.25, -0.2) is 14.4 Å². The van der Waals surface area contributed by atoms with Gasteiger partial charge in [-0.15, -0.1) is 0 Å². The minimum atomic E-state index is -1.06. The monoisotopic (exact) mass is 479 g/mol. The summed E-state index contributed by atoms with van der Waals surface area (Å²) in [7, 11) is 1.55. The molecule has 4 heterocycles. The van der Waals surface area contributed by atoms with Gasteiger partial charge < -0.3 is 25.6 Å². The van der Waals surface area contributed by atoms with Gasteiger partial charge in [-0.1, -0.05) is 19.9 Å². The summed E-state index contributed by atoms with van der Waals surface area (Å²) in [6.45, 7) is 6.95. The molecule has 3 atom stereocenters. The molecule has 5 rings (SSSR count). The standard InChI is InChI=1S/C26H34FN7O/c1-16(2)18-4-5-22(34-11-7-17(34)13-28)20-14-30-25(12-19(18)20)31-24-6-9-29-26(32-24)33-10-8-23(35-3)21(27)15-33/h4-6,9,12,14,16-17,21,23H,7-8,10-11,13,15,28H2,1-3H3,(H,29,30,31,32)/t17-,21+,23-/m0/s1. The van der Waals surface area contributed by atoms with E-state index in [9.17, 15) is 4.39 Å². The number of hydrogen-bond acceptors (Lipinski definition) is 8. The van der Waals surface area contributed by atoms with Crippen LogP contribution in [-0.2, 0) is 4.74 Å². The maximum atomic E-state index is 14.4. The van der Waals surface area contributed by atoms with Crippen molar-refractivity contribution in [3.63, 3.8) is 0 Å². The van der Waals surface area contributed by atoms with Gasteiger partial charge in [0.1, 0.15) is 17.8 Å². The molecule has 0 radical (unpaired) electrons. The molecule has 0 aliphatic carbocycles. The highest BCUT2D eigenvalue weighted by molar-refractivity contribution is 5.98. The van der Waals surface area contributed by atoms with Crippen LogP contribution in [0.2, 0.25) is 0 Å². The summed E-state index contributed by atoms with van der Waals surface area (Å²) >= 11 is 0. The van der Waals surface area contributed by atoms with Crippen LogP contribution in [0.1, 0.15) is 38.2 Å². The van der Waals surface area contributed by atoms with Crippen molar-refractivity contribution in [2.45, 2.75) is 50.9 Å². The van der Waals surface area contributed by atoms with E-state index in [2.05, 4.69) is 52.2 Å². The Morgan fingerprint density at radius 1 is 1.14 bits per heavy atom. The smallest absolute Gasteiger partial charge is 0.227 e. The van der Waals surface area contributed by atoms with Crippen LogP contribution in [0.4, 0.5) is 27.7 Å². The molecule has 8 nitrogen and oxygen atoms in total. The van der Waals surface area contributed by atoms with Crippen LogP contribution in [0.15, 0.2) is 36.7 Å². The number of alkyl halides is 1. The van der Waals surface area contributed by atoms with Crippen molar-refractivity contribution in [2.24, 2.45) is 5.73 Å². The molecule has 2 aliphatic heterocycles. The van der Waals surface area contributed by atoms with Crippen LogP contribution >= 0.6 is 0 Å². The number of nitrogens with zero attached hydrogens (tertiary/aromatic N) is 5. The van der Waals surface area contributed by atoms with E-state index in [0.29, 0.717) is 49.1 Å². The Balaban J connectivity index is 1.42. The second-order valence-corrected chi connectivity index (χ2v) is 9.71. The molecule has 0 bridgehead atoms. The zero-order valence-corrected chi connectivity index (χ0v) is 20.6. The van der Waals surface area contributed by atoms with Gasteiger partial charge in [-0.05, 0) is 47.9 Å². The number of piperidine rings is 1. The number of methoxy groups -OCH3 is 1. The molecular formula is C26H34FN7O. The lowest BCUT2D eigenvalue weighted by Gasteiger charge is -2.43. The third-order valence-corrected chi connectivity index (χ3v) is 7.23. The lowest BCUT2D eigenvalue weighted by molar-refractivity contribution is 0.0194. The number of anilines is 4. The lowest BCUT2D eigenvalue weighted by Crippen LogP contribution is -2.52. The lowest BCUT2D eigenvalue weighted by atomic mass is 9.93. The molecule has 186 valence electrons. The Kier molecular flexibility index (Phi) is 6.71. The number of halogens is 1. The first kappa shape index (κ1) is 23.7. The minimum Gasteiger partial charge on any atom is -0.378 e. The normalized spacial score (nSPS) is 22.5. The second kappa shape index (κ2) is 9.91. The molecule has 3 aromatic rings. The van der Waals surface area contributed by atoms with Crippen LogP contribution in [0.5, 0.6) is 0 Å². The zero-order chi connectivity index (χ0) is 24.5. The van der Waals surface area contributed by atoms with E-state index in [1.54, 1.807) is 19.4 Å². The van der Waals surface area contributed by atoms with Crippen LogP contribution in [0.3, 0.4) is 0 Å². The third-order valence-electron chi connectivity index (χ3n) is 7.23. The maximum absolute atomic E-state index is 14.4. The van der Waals surface area contributed by atoms with Crippen LogP contribution in [0.25, 0.3) is 10.8 Å². The van der Waals surface area contributed by atoms with Gasteiger partial charge in [0.05, 0.1) is 12.6 Å². The number of nitrogens with one attached hydrogen (secondary N) is 1. The number of fused-ring (bicyclic) bond motifs is 1. The number of aromatic nitrogens is 3. The summed E-state index contributed by atoms with van der Waals surface area (Å²) in [5.74, 6) is 2.21. The Bertz CT molecular complexity index is 1190.